The number of carbonyl (C=O) groups excluding carboxylic acids is 1. The summed E-state index contributed by atoms with van der Waals surface area (Å²) in [5.41, 5.74) is 2.13. The first-order valence-electron chi connectivity index (χ1n) is 11.4. The van der Waals surface area contributed by atoms with Crippen LogP contribution in [-0.2, 0) is 13.1 Å². The first kappa shape index (κ1) is 23.8. The predicted octanol–water partition coefficient (Wildman–Crippen LogP) is 5.11. The van der Waals surface area contributed by atoms with Gasteiger partial charge in [-0.15, -0.1) is 0 Å². The van der Waals surface area contributed by atoms with Crippen LogP contribution in [0.3, 0.4) is 0 Å². The van der Waals surface area contributed by atoms with Gasteiger partial charge in [0.15, 0.2) is 0 Å². The number of nitrogens with one attached hydrogen (secondary N) is 1. The molecule has 6 nitrogen and oxygen atoms in total. The van der Waals surface area contributed by atoms with Crippen LogP contribution in [0.15, 0.2) is 60.9 Å². The van der Waals surface area contributed by atoms with Crippen molar-refractivity contribution >= 4 is 11.7 Å². The molecule has 1 fully saturated rings. The average molecular weight is 472 g/mol. The molecule has 9 heteroatoms. The summed E-state index contributed by atoms with van der Waals surface area (Å²) in [6.07, 6.45) is -0.575. The molecule has 1 saturated heterocycles. The Labute approximate surface area is 196 Å². The smallest absolute Gasteiger partial charge is 0.364 e. The van der Waals surface area contributed by atoms with Gasteiger partial charge in [-0.25, -0.2) is 4.98 Å². The molecule has 34 heavy (non-hydrogen) atoms. The first-order valence-corrected chi connectivity index (χ1v) is 11.4. The van der Waals surface area contributed by atoms with Crippen LogP contribution >= 0.6 is 0 Å². The van der Waals surface area contributed by atoms with Crippen LogP contribution in [0, 0.1) is 5.92 Å². The van der Waals surface area contributed by atoms with Crippen molar-refractivity contribution in [3.8, 4) is 0 Å². The molecule has 2 unspecified atom stereocenters. The molecule has 2 aromatic heterocycles. The number of anilines is 1. The highest BCUT2D eigenvalue weighted by atomic mass is 19.4. The van der Waals surface area contributed by atoms with Gasteiger partial charge in [-0.05, 0) is 36.1 Å². The Balaban J connectivity index is 1.42. The number of hydrogen-bond acceptors (Lipinski definition) is 4. The Hall–Kier alpha value is -3.36. The fourth-order valence-corrected chi connectivity index (χ4v) is 4.74. The van der Waals surface area contributed by atoms with Crippen molar-refractivity contribution < 1.29 is 18.0 Å². The first-order chi connectivity index (χ1) is 16.2. The number of alkyl halides is 3. The quantitative estimate of drug-likeness (QED) is 0.520. The van der Waals surface area contributed by atoms with Gasteiger partial charge in [0.2, 0.25) is 0 Å². The number of carbonyl (C=O) groups is 1. The summed E-state index contributed by atoms with van der Waals surface area (Å²) in [5, 5.41) is 6.73. The van der Waals surface area contributed by atoms with Crippen molar-refractivity contribution in [2.45, 2.75) is 51.5 Å². The molecule has 0 saturated carbocycles. The van der Waals surface area contributed by atoms with Gasteiger partial charge in [-0.1, -0.05) is 44.2 Å². The SMILES string of the molecule is CC(C)C1C(c2ccccc2)CCN1C(=O)c1ccc(NCc2ccnn2CC(F)(F)F)nc1. The molecule has 1 N–H and O–H groups in total. The van der Waals surface area contributed by atoms with Crippen molar-refractivity contribution in [1.29, 1.82) is 0 Å². The van der Waals surface area contributed by atoms with Crippen molar-refractivity contribution in [2.75, 3.05) is 11.9 Å². The summed E-state index contributed by atoms with van der Waals surface area (Å²) in [5.74, 6) is 1.01. The lowest BCUT2D eigenvalue weighted by Crippen LogP contribution is -2.40. The van der Waals surface area contributed by atoms with Gasteiger partial charge in [0.05, 0.1) is 17.8 Å². The number of amides is 1. The third-order valence-electron chi connectivity index (χ3n) is 6.22. The number of aromatic nitrogens is 3. The van der Waals surface area contributed by atoms with E-state index in [0.717, 1.165) is 11.1 Å². The minimum Gasteiger partial charge on any atom is -0.364 e. The number of pyridine rings is 1. The maximum absolute atomic E-state index is 13.3. The summed E-state index contributed by atoms with van der Waals surface area (Å²) in [4.78, 5) is 19.6. The van der Waals surface area contributed by atoms with Crippen LogP contribution in [0.4, 0.5) is 19.0 Å². The Morgan fingerprint density at radius 3 is 2.56 bits per heavy atom. The second-order valence-electron chi connectivity index (χ2n) is 8.92. The maximum Gasteiger partial charge on any atom is 0.408 e. The second kappa shape index (κ2) is 9.87. The minimum atomic E-state index is -4.34. The third-order valence-corrected chi connectivity index (χ3v) is 6.22. The molecule has 3 aromatic rings. The van der Waals surface area contributed by atoms with Gasteiger partial charge < -0.3 is 10.2 Å². The Kier molecular flexibility index (Phi) is 6.90. The van der Waals surface area contributed by atoms with E-state index in [1.807, 2.05) is 23.1 Å². The van der Waals surface area contributed by atoms with Crippen LogP contribution in [0.2, 0.25) is 0 Å². The van der Waals surface area contributed by atoms with E-state index in [2.05, 4.69) is 41.4 Å². The van der Waals surface area contributed by atoms with Crippen LogP contribution in [-0.4, -0.2) is 44.3 Å². The molecule has 0 spiro atoms. The molecule has 2 atom stereocenters. The van der Waals surface area contributed by atoms with Crippen LogP contribution in [0.25, 0.3) is 0 Å². The van der Waals surface area contributed by atoms with Crippen molar-refractivity contribution in [1.82, 2.24) is 19.7 Å². The molecular formula is C25H28F3N5O. The molecule has 180 valence electrons. The number of halogens is 3. The molecule has 1 aliphatic rings. The maximum atomic E-state index is 13.3. The Bertz CT molecular complexity index is 1100. The van der Waals surface area contributed by atoms with Gasteiger partial charge >= 0.3 is 6.18 Å². The number of nitrogens with zero attached hydrogens (tertiary/aromatic N) is 4. The van der Waals surface area contributed by atoms with E-state index in [1.165, 1.54) is 24.0 Å². The lowest BCUT2D eigenvalue weighted by Gasteiger charge is -2.32. The van der Waals surface area contributed by atoms with Gasteiger partial charge in [0, 0.05) is 30.9 Å². The minimum absolute atomic E-state index is 0.0561. The third kappa shape index (κ3) is 5.40. The van der Waals surface area contributed by atoms with E-state index in [9.17, 15) is 18.0 Å². The molecule has 0 aliphatic carbocycles. The highest BCUT2D eigenvalue weighted by molar-refractivity contribution is 5.94. The van der Waals surface area contributed by atoms with Crippen LogP contribution in [0.5, 0.6) is 0 Å². The van der Waals surface area contributed by atoms with E-state index in [-0.39, 0.29) is 18.5 Å². The standard InChI is InChI=1S/C25H28F3N5O/c1-17(2)23-21(18-6-4-3-5-7-18)11-13-32(23)24(34)19-8-9-22(29-14-19)30-15-20-10-12-31-33(20)16-25(26,27)28/h3-10,12,14,17,21,23H,11,13,15-16H2,1-2H3,(H,29,30). The fraction of sp³-hybridized carbons (Fsp3) is 0.400. The Morgan fingerprint density at radius 2 is 1.91 bits per heavy atom. The van der Waals surface area contributed by atoms with Gasteiger partial charge in [0.1, 0.15) is 12.4 Å². The van der Waals surface area contributed by atoms with Crippen molar-refractivity contribution in [3.05, 3.63) is 77.7 Å². The highest BCUT2D eigenvalue weighted by Gasteiger charge is 2.39. The van der Waals surface area contributed by atoms with Crippen molar-refractivity contribution in [3.63, 3.8) is 0 Å². The average Bonchev–Trinajstić information content (AvgIpc) is 3.44. The molecule has 1 aliphatic heterocycles. The molecular weight excluding hydrogens is 443 g/mol. The summed E-state index contributed by atoms with van der Waals surface area (Å²) < 4.78 is 38.9. The van der Waals surface area contributed by atoms with E-state index in [0.29, 0.717) is 35.5 Å². The van der Waals surface area contributed by atoms with Gasteiger partial charge in [0.25, 0.3) is 5.91 Å². The molecule has 1 aromatic carbocycles. The summed E-state index contributed by atoms with van der Waals surface area (Å²) in [6.45, 7) is 3.96. The van der Waals surface area contributed by atoms with E-state index >= 15 is 0 Å². The van der Waals surface area contributed by atoms with Gasteiger partial charge in [-0.3, -0.25) is 9.48 Å². The number of likely N-dealkylation sites (tertiary alicyclic amines) is 1. The number of hydrogen-bond donors (Lipinski definition) is 1. The Morgan fingerprint density at radius 1 is 1.15 bits per heavy atom. The molecule has 4 rings (SSSR count). The lowest BCUT2D eigenvalue weighted by atomic mass is 9.85. The predicted molar refractivity (Wildman–Crippen MR) is 123 cm³/mol. The zero-order valence-electron chi connectivity index (χ0n) is 19.2. The summed E-state index contributed by atoms with van der Waals surface area (Å²) in [6, 6.07) is 15.3. The zero-order valence-corrected chi connectivity index (χ0v) is 19.2. The number of rotatable bonds is 7. The van der Waals surface area contributed by atoms with E-state index < -0.39 is 12.7 Å². The van der Waals surface area contributed by atoms with Crippen LogP contribution < -0.4 is 5.32 Å². The van der Waals surface area contributed by atoms with E-state index in [1.54, 1.807) is 12.1 Å². The second-order valence-corrected chi connectivity index (χ2v) is 8.92. The fourth-order valence-electron chi connectivity index (χ4n) is 4.74. The topological polar surface area (TPSA) is 63.1 Å². The molecule has 3 heterocycles. The molecule has 0 bridgehead atoms. The van der Waals surface area contributed by atoms with Gasteiger partial charge in [-0.2, -0.15) is 18.3 Å². The normalized spacial score (nSPS) is 18.5. The molecule has 0 radical (unpaired) electrons. The number of benzene rings is 1. The molecule has 1 amide bonds. The summed E-state index contributed by atoms with van der Waals surface area (Å²) in [7, 11) is 0. The van der Waals surface area contributed by atoms with Crippen molar-refractivity contribution in [2.24, 2.45) is 5.92 Å². The largest absolute Gasteiger partial charge is 0.408 e. The van der Waals surface area contributed by atoms with E-state index in [4.69, 9.17) is 0 Å². The zero-order chi connectivity index (χ0) is 24.3. The lowest BCUT2D eigenvalue weighted by molar-refractivity contribution is -0.143. The highest BCUT2D eigenvalue weighted by Crippen LogP contribution is 2.38. The summed E-state index contributed by atoms with van der Waals surface area (Å²) >= 11 is 0. The van der Waals surface area contributed by atoms with Crippen LogP contribution in [0.1, 0.15) is 47.8 Å². The monoisotopic (exact) mass is 471 g/mol.